The second kappa shape index (κ2) is 6.02. The molecule has 0 aliphatic rings. The maximum atomic E-state index is 12.5. The number of halogens is 6. The summed E-state index contributed by atoms with van der Waals surface area (Å²) in [5.74, 6) is -0.757. The third-order valence-electron chi connectivity index (χ3n) is 2.92. The van der Waals surface area contributed by atoms with E-state index in [9.17, 15) is 36.5 Å². The van der Waals surface area contributed by atoms with Crippen molar-refractivity contribution in [1.29, 1.82) is 0 Å². The van der Waals surface area contributed by atoms with Crippen LogP contribution in [0.1, 0.15) is 5.56 Å². The van der Waals surface area contributed by atoms with Crippen LogP contribution in [0.15, 0.2) is 42.5 Å². The standard InChI is InChI=1S/C14H7F6NO3/c15-13(16,17)9-3-1-8(2-4-9)11-7-10(21(22)23)5-6-12(11)24-14(18,19)20/h1-7H. The molecule has 0 saturated heterocycles. The van der Waals surface area contributed by atoms with Gasteiger partial charge in [0.2, 0.25) is 0 Å². The highest BCUT2D eigenvalue weighted by atomic mass is 19.4. The number of nitro benzene ring substituents is 1. The van der Waals surface area contributed by atoms with E-state index in [2.05, 4.69) is 4.74 Å². The van der Waals surface area contributed by atoms with Gasteiger partial charge in [-0.25, -0.2) is 0 Å². The number of non-ortho nitro benzene ring substituents is 1. The van der Waals surface area contributed by atoms with Gasteiger partial charge >= 0.3 is 12.5 Å². The number of hydrogen-bond acceptors (Lipinski definition) is 3. The maximum Gasteiger partial charge on any atom is 0.573 e. The van der Waals surface area contributed by atoms with Crippen LogP contribution < -0.4 is 4.74 Å². The van der Waals surface area contributed by atoms with E-state index in [0.29, 0.717) is 12.1 Å². The average molecular weight is 351 g/mol. The molecular formula is C14H7F6NO3. The molecule has 4 nitrogen and oxygen atoms in total. The number of ether oxygens (including phenoxy) is 1. The molecule has 2 rings (SSSR count). The molecule has 0 aliphatic carbocycles. The second-order valence-corrected chi connectivity index (χ2v) is 4.56. The number of rotatable bonds is 3. The molecule has 0 N–H and O–H groups in total. The van der Waals surface area contributed by atoms with Gasteiger partial charge < -0.3 is 4.74 Å². The number of nitrogens with zero attached hydrogens (tertiary/aromatic N) is 1. The van der Waals surface area contributed by atoms with Gasteiger partial charge in [0.1, 0.15) is 5.75 Å². The zero-order valence-electron chi connectivity index (χ0n) is 11.5. The van der Waals surface area contributed by atoms with Gasteiger partial charge in [-0.15, -0.1) is 13.2 Å². The summed E-state index contributed by atoms with van der Waals surface area (Å²) < 4.78 is 78.6. The van der Waals surface area contributed by atoms with Crippen molar-refractivity contribution in [3.05, 3.63) is 58.1 Å². The minimum atomic E-state index is -5.06. The summed E-state index contributed by atoms with van der Waals surface area (Å²) in [6, 6.07) is 5.46. The van der Waals surface area contributed by atoms with Crippen molar-refractivity contribution >= 4 is 5.69 Å². The number of benzene rings is 2. The monoisotopic (exact) mass is 351 g/mol. The minimum absolute atomic E-state index is 0.0917. The van der Waals surface area contributed by atoms with Crippen LogP contribution in [0.2, 0.25) is 0 Å². The zero-order chi connectivity index (χ0) is 18.1. The Labute approximate surface area is 130 Å². The summed E-state index contributed by atoms with van der Waals surface area (Å²) >= 11 is 0. The van der Waals surface area contributed by atoms with E-state index in [1.807, 2.05) is 0 Å². The van der Waals surface area contributed by atoms with Crippen molar-refractivity contribution in [3.63, 3.8) is 0 Å². The fourth-order valence-corrected chi connectivity index (χ4v) is 1.91. The van der Waals surface area contributed by atoms with Crippen LogP contribution in [0.4, 0.5) is 32.0 Å². The fraction of sp³-hybridized carbons (Fsp3) is 0.143. The predicted octanol–water partition coefficient (Wildman–Crippen LogP) is 5.18. The topological polar surface area (TPSA) is 52.4 Å². The highest BCUT2D eigenvalue weighted by Crippen LogP contribution is 2.38. The third kappa shape index (κ3) is 4.15. The quantitative estimate of drug-likeness (QED) is 0.435. The first-order chi connectivity index (χ1) is 11.0. The van der Waals surface area contributed by atoms with Crippen molar-refractivity contribution in [2.45, 2.75) is 12.5 Å². The van der Waals surface area contributed by atoms with Crippen molar-refractivity contribution in [2.24, 2.45) is 0 Å². The lowest BCUT2D eigenvalue weighted by Gasteiger charge is -2.14. The Bertz CT molecular complexity index is 753. The lowest BCUT2D eigenvalue weighted by atomic mass is 10.0. The SMILES string of the molecule is O=[N+]([O-])c1ccc(OC(F)(F)F)c(-c2ccc(C(F)(F)F)cc2)c1. The van der Waals surface area contributed by atoms with E-state index in [0.717, 1.165) is 30.3 Å². The normalized spacial score (nSPS) is 12.1. The fourth-order valence-electron chi connectivity index (χ4n) is 1.91. The Morgan fingerprint density at radius 2 is 1.50 bits per heavy atom. The largest absolute Gasteiger partial charge is 0.573 e. The lowest BCUT2D eigenvalue weighted by Crippen LogP contribution is -2.17. The van der Waals surface area contributed by atoms with Gasteiger partial charge in [-0.05, 0) is 23.8 Å². The molecule has 2 aromatic rings. The summed E-state index contributed by atoms with van der Waals surface area (Å²) in [6.45, 7) is 0. The maximum absolute atomic E-state index is 12.5. The van der Waals surface area contributed by atoms with E-state index in [1.54, 1.807) is 0 Å². The molecule has 0 aromatic heterocycles. The first-order valence-corrected chi connectivity index (χ1v) is 6.19. The molecular weight excluding hydrogens is 344 g/mol. The van der Waals surface area contributed by atoms with Gasteiger partial charge in [-0.2, -0.15) is 13.2 Å². The molecule has 0 amide bonds. The molecule has 0 heterocycles. The Balaban J connectivity index is 2.53. The molecule has 2 aromatic carbocycles. The molecule has 0 saturated carbocycles. The molecule has 24 heavy (non-hydrogen) atoms. The first kappa shape index (κ1) is 17.6. The molecule has 0 atom stereocenters. The van der Waals surface area contributed by atoms with Crippen LogP contribution in [0.25, 0.3) is 11.1 Å². The van der Waals surface area contributed by atoms with Crippen LogP contribution in [-0.2, 0) is 6.18 Å². The molecule has 0 fully saturated rings. The average Bonchev–Trinajstić information content (AvgIpc) is 2.45. The van der Waals surface area contributed by atoms with Gasteiger partial charge in [0.25, 0.3) is 5.69 Å². The summed E-state index contributed by atoms with van der Waals surface area (Å²) in [7, 11) is 0. The van der Waals surface area contributed by atoms with E-state index in [1.165, 1.54) is 0 Å². The van der Waals surface area contributed by atoms with Gasteiger partial charge in [0.15, 0.2) is 0 Å². The second-order valence-electron chi connectivity index (χ2n) is 4.56. The van der Waals surface area contributed by atoms with E-state index in [-0.39, 0.29) is 11.1 Å². The molecule has 0 bridgehead atoms. The highest BCUT2D eigenvalue weighted by molar-refractivity contribution is 5.73. The summed E-state index contributed by atoms with van der Waals surface area (Å²) in [5.41, 5.74) is -1.98. The van der Waals surface area contributed by atoms with Crippen molar-refractivity contribution in [3.8, 4) is 16.9 Å². The molecule has 0 radical (unpaired) electrons. The zero-order valence-corrected chi connectivity index (χ0v) is 11.5. The molecule has 0 unspecified atom stereocenters. The number of nitro groups is 1. The third-order valence-corrected chi connectivity index (χ3v) is 2.92. The van der Waals surface area contributed by atoms with Crippen LogP contribution >= 0.6 is 0 Å². The number of hydrogen-bond donors (Lipinski definition) is 0. The number of alkyl halides is 6. The summed E-state index contributed by atoms with van der Waals surface area (Å²) in [4.78, 5) is 9.92. The Morgan fingerprint density at radius 1 is 0.917 bits per heavy atom. The lowest BCUT2D eigenvalue weighted by molar-refractivity contribution is -0.384. The summed E-state index contributed by atoms with van der Waals surface area (Å²) in [6.07, 6.45) is -9.68. The molecule has 0 aliphatic heterocycles. The van der Waals surface area contributed by atoms with Gasteiger partial charge in [-0.1, -0.05) is 12.1 Å². The molecule has 0 spiro atoms. The molecule has 128 valence electrons. The van der Waals surface area contributed by atoms with Crippen molar-refractivity contribution < 1.29 is 36.0 Å². The van der Waals surface area contributed by atoms with Crippen molar-refractivity contribution in [2.75, 3.05) is 0 Å². The van der Waals surface area contributed by atoms with Crippen LogP contribution in [-0.4, -0.2) is 11.3 Å². The summed E-state index contributed by atoms with van der Waals surface area (Å²) in [5, 5.41) is 10.8. The minimum Gasteiger partial charge on any atom is -0.405 e. The van der Waals surface area contributed by atoms with Gasteiger partial charge in [0, 0.05) is 17.7 Å². The van der Waals surface area contributed by atoms with Crippen LogP contribution in [0, 0.1) is 10.1 Å². The Hall–Kier alpha value is -2.78. The van der Waals surface area contributed by atoms with Gasteiger partial charge in [-0.3, -0.25) is 10.1 Å². The van der Waals surface area contributed by atoms with E-state index < -0.39 is 34.5 Å². The Kier molecular flexibility index (Phi) is 4.41. The van der Waals surface area contributed by atoms with Crippen LogP contribution in [0.5, 0.6) is 5.75 Å². The smallest absolute Gasteiger partial charge is 0.405 e. The van der Waals surface area contributed by atoms with E-state index in [4.69, 9.17) is 0 Å². The molecule has 10 heteroatoms. The predicted molar refractivity (Wildman–Crippen MR) is 70.2 cm³/mol. The van der Waals surface area contributed by atoms with Gasteiger partial charge in [0.05, 0.1) is 10.5 Å². The highest BCUT2D eigenvalue weighted by Gasteiger charge is 2.33. The van der Waals surface area contributed by atoms with E-state index >= 15 is 0 Å². The first-order valence-electron chi connectivity index (χ1n) is 6.19. The Morgan fingerprint density at radius 3 is 1.96 bits per heavy atom. The van der Waals surface area contributed by atoms with Crippen LogP contribution in [0.3, 0.4) is 0 Å². The van der Waals surface area contributed by atoms with Crippen molar-refractivity contribution in [1.82, 2.24) is 0 Å².